The summed E-state index contributed by atoms with van der Waals surface area (Å²) in [5.41, 5.74) is 2.08. The first-order valence-corrected chi connectivity index (χ1v) is 10.9. The number of halogens is 1. The fourth-order valence-electron chi connectivity index (χ4n) is 4.22. The molecule has 1 atom stereocenters. The number of nitrogens with zero attached hydrogens (tertiary/aromatic N) is 4. The van der Waals surface area contributed by atoms with E-state index >= 15 is 0 Å². The van der Waals surface area contributed by atoms with E-state index < -0.39 is 6.23 Å². The molecule has 2 N–H and O–H groups in total. The van der Waals surface area contributed by atoms with Gasteiger partial charge in [0.25, 0.3) is 5.56 Å². The van der Waals surface area contributed by atoms with Gasteiger partial charge in [0, 0.05) is 25.2 Å². The topological polar surface area (TPSA) is 86.6 Å². The van der Waals surface area contributed by atoms with Gasteiger partial charge < -0.3 is 19.6 Å². The van der Waals surface area contributed by atoms with Crippen LogP contribution in [0.25, 0.3) is 11.8 Å². The molecule has 3 aromatic rings. The van der Waals surface area contributed by atoms with Crippen molar-refractivity contribution in [3.8, 4) is 0 Å². The molecule has 1 unspecified atom stereocenters. The summed E-state index contributed by atoms with van der Waals surface area (Å²) >= 11 is 6.10. The molecule has 1 fully saturated rings. The molecule has 8 nitrogen and oxygen atoms in total. The maximum atomic E-state index is 13.0. The minimum atomic E-state index is -0.930. The van der Waals surface area contributed by atoms with E-state index in [-0.39, 0.29) is 5.56 Å². The van der Waals surface area contributed by atoms with Gasteiger partial charge in [-0.25, -0.2) is 4.98 Å². The zero-order chi connectivity index (χ0) is 22.2. The lowest BCUT2D eigenvalue weighted by Gasteiger charge is -2.33. The van der Waals surface area contributed by atoms with Gasteiger partial charge in [-0.3, -0.25) is 14.6 Å². The number of morpholine rings is 1. The molecule has 2 aliphatic rings. The first-order chi connectivity index (χ1) is 15.5. The number of aliphatic hydroxyl groups is 1. The first kappa shape index (κ1) is 20.8. The highest BCUT2D eigenvalue weighted by Gasteiger charge is 2.26. The quantitative estimate of drug-likeness (QED) is 0.593. The average Bonchev–Trinajstić information content (AvgIpc) is 3.09. The van der Waals surface area contributed by atoms with Crippen molar-refractivity contribution in [3.05, 3.63) is 79.7 Å². The zero-order valence-corrected chi connectivity index (χ0v) is 18.4. The van der Waals surface area contributed by atoms with Crippen LogP contribution < -0.4 is 21.0 Å². The van der Waals surface area contributed by atoms with E-state index in [2.05, 4.69) is 10.00 Å². The number of fused-ring (bicyclic) bond motifs is 1. The lowest BCUT2D eigenvalue weighted by molar-refractivity contribution is 0.0931. The number of nitrogens with one attached hydrogen (secondary N) is 1. The minimum absolute atomic E-state index is 0.159. The van der Waals surface area contributed by atoms with Crippen molar-refractivity contribution in [1.82, 2.24) is 19.7 Å². The Labute approximate surface area is 189 Å². The number of aliphatic hydroxyl groups excluding tert-OH is 1. The second kappa shape index (κ2) is 8.46. The van der Waals surface area contributed by atoms with E-state index in [1.165, 1.54) is 4.68 Å². The minimum Gasteiger partial charge on any atom is -0.378 e. The molecule has 4 heterocycles. The van der Waals surface area contributed by atoms with Crippen molar-refractivity contribution in [2.24, 2.45) is 7.05 Å². The predicted molar refractivity (Wildman–Crippen MR) is 123 cm³/mol. The van der Waals surface area contributed by atoms with Gasteiger partial charge >= 0.3 is 0 Å². The summed E-state index contributed by atoms with van der Waals surface area (Å²) < 4.78 is 6.86. The standard InChI is InChI=1S/C23H24ClN5O3/c1-27-23(31)21-18(26-27)13-20(30)29(22(21)15-5-7-16(24)8-6-15)14-17-3-2-4-19(25-17)28-9-11-32-12-10-28/h2-8,13,20,26,30H,9-12,14H2,1H3. The molecule has 0 amide bonds. The average molecular weight is 454 g/mol. The Bertz CT molecular complexity index is 1310. The molecule has 1 aromatic carbocycles. The van der Waals surface area contributed by atoms with Crippen LogP contribution in [0.4, 0.5) is 5.82 Å². The normalized spacial score (nSPS) is 18.5. The maximum Gasteiger partial charge on any atom is 0.276 e. The Morgan fingerprint density at radius 3 is 2.69 bits per heavy atom. The highest BCUT2D eigenvalue weighted by Crippen LogP contribution is 2.24. The second-order valence-electron chi connectivity index (χ2n) is 7.91. The molecule has 0 spiro atoms. The molecule has 2 aliphatic heterocycles. The molecule has 1 saturated heterocycles. The molecule has 5 rings (SSSR count). The van der Waals surface area contributed by atoms with Crippen LogP contribution in [0.3, 0.4) is 0 Å². The van der Waals surface area contributed by atoms with Crippen LogP contribution >= 0.6 is 11.6 Å². The summed E-state index contributed by atoms with van der Waals surface area (Å²) in [5, 5.41) is 15.8. The maximum absolute atomic E-state index is 13.0. The van der Waals surface area contributed by atoms with E-state index in [0.717, 1.165) is 30.2 Å². The molecule has 9 heteroatoms. The van der Waals surface area contributed by atoms with Crippen LogP contribution in [0.15, 0.2) is 47.3 Å². The van der Waals surface area contributed by atoms with Gasteiger partial charge in [-0.05, 0) is 35.9 Å². The number of ether oxygens (including phenoxy) is 1. The number of benzene rings is 1. The highest BCUT2D eigenvalue weighted by atomic mass is 35.5. The first-order valence-electron chi connectivity index (χ1n) is 10.5. The van der Waals surface area contributed by atoms with Crippen LogP contribution in [0, 0.1) is 0 Å². The Morgan fingerprint density at radius 2 is 1.94 bits per heavy atom. The smallest absolute Gasteiger partial charge is 0.276 e. The molecular formula is C23H24ClN5O3. The van der Waals surface area contributed by atoms with Gasteiger partial charge in [0.1, 0.15) is 12.0 Å². The monoisotopic (exact) mass is 453 g/mol. The van der Waals surface area contributed by atoms with Crippen molar-refractivity contribution >= 4 is 29.2 Å². The van der Waals surface area contributed by atoms with Gasteiger partial charge in [0.2, 0.25) is 0 Å². The van der Waals surface area contributed by atoms with Crippen molar-refractivity contribution < 1.29 is 9.84 Å². The largest absolute Gasteiger partial charge is 0.378 e. The summed E-state index contributed by atoms with van der Waals surface area (Å²) in [6.07, 6.45) is 0.724. The SMILES string of the molecule is Cn1[nH]c2c(c1=O)=C(c1ccc(Cl)cc1)N(Cc1cccc(N3CCOCC3)n1)C(O)C=2. The van der Waals surface area contributed by atoms with E-state index in [0.29, 0.717) is 41.0 Å². The molecule has 0 saturated carbocycles. The van der Waals surface area contributed by atoms with Crippen LogP contribution in [0.5, 0.6) is 0 Å². The molecule has 0 bridgehead atoms. The second-order valence-corrected chi connectivity index (χ2v) is 8.35. The van der Waals surface area contributed by atoms with Crippen LogP contribution in [-0.4, -0.2) is 57.3 Å². The van der Waals surface area contributed by atoms with Gasteiger partial charge in [-0.15, -0.1) is 0 Å². The van der Waals surface area contributed by atoms with Gasteiger partial charge in [-0.2, -0.15) is 0 Å². The molecule has 32 heavy (non-hydrogen) atoms. The van der Waals surface area contributed by atoms with Crippen molar-refractivity contribution in [3.63, 3.8) is 0 Å². The van der Waals surface area contributed by atoms with Crippen LogP contribution in [0.1, 0.15) is 11.3 Å². The number of anilines is 1. The van der Waals surface area contributed by atoms with Crippen LogP contribution in [0.2, 0.25) is 5.02 Å². The number of hydrogen-bond donors (Lipinski definition) is 2. The van der Waals surface area contributed by atoms with E-state index in [1.807, 2.05) is 30.3 Å². The van der Waals surface area contributed by atoms with Gasteiger partial charge in [0.05, 0.1) is 41.7 Å². The molecule has 2 aromatic heterocycles. The van der Waals surface area contributed by atoms with E-state index in [1.54, 1.807) is 30.2 Å². The summed E-state index contributed by atoms with van der Waals surface area (Å²) in [5.74, 6) is 0.882. The summed E-state index contributed by atoms with van der Waals surface area (Å²) in [7, 11) is 1.66. The summed E-state index contributed by atoms with van der Waals surface area (Å²) in [6, 6.07) is 13.2. The Hall–Kier alpha value is -3.07. The number of hydrogen-bond acceptors (Lipinski definition) is 6. The molecule has 166 valence electrons. The Morgan fingerprint density at radius 1 is 1.19 bits per heavy atom. The third-order valence-electron chi connectivity index (χ3n) is 5.81. The lowest BCUT2D eigenvalue weighted by Crippen LogP contribution is -2.49. The predicted octanol–water partition coefficient (Wildman–Crippen LogP) is 0.370. The molecular weight excluding hydrogens is 430 g/mol. The number of aromatic nitrogens is 3. The summed E-state index contributed by atoms with van der Waals surface area (Å²) in [4.78, 5) is 21.8. The Balaban J connectivity index is 1.59. The number of H-pyrrole nitrogens is 1. The van der Waals surface area contributed by atoms with Gasteiger partial charge in [-0.1, -0.05) is 29.8 Å². The van der Waals surface area contributed by atoms with Gasteiger partial charge in [0.15, 0.2) is 0 Å². The molecule has 0 aliphatic carbocycles. The fraction of sp³-hybridized carbons (Fsp3) is 0.304. The van der Waals surface area contributed by atoms with Crippen LogP contribution in [-0.2, 0) is 18.3 Å². The number of pyridine rings is 1. The van der Waals surface area contributed by atoms with E-state index in [4.69, 9.17) is 21.3 Å². The number of rotatable bonds is 4. The fourth-order valence-corrected chi connectivity index (χ4v) is 4.35. The number of aryl methyl sites for hydroxylation is 1. The van der Waals surface area contributed by atoms with Crippen molar-refractivity contribution in [2.75, 3.05) is 31.2 Å². The van der Waals surface area contributed by atoms with Crippen molar-refractivity contribution in [2.45, 2.75) is 12.8 Å². The lowest BCUT2D eigenvalue weighted by atomic mass is 10.1. The third kappa shape index (κ3) is 3.81. The third-order valence-corrected chi connectivity index (χ3v) is 6.06. The van der Waals surface area contributed by atoms with E-state index in [9.17, 15) is 9.90 Å². The highest BCUT2D eigenvalue weighted by molar-refractivity contribution is 6.30. The molecule has 0 radical (unpaired) electrons. The zero-order valence-electron chi connectivity index (χ0n) is 17.7. The van der Waals surface area contributed by atoms with Crippen molar-refractivity contribution in [1.29, 1.82) is 0 Å². The number of aromatic amines is 1. The summed E-state index contributed by atoms with van der Waals surface area (Å²) in [6.45, 7) is 3.28. The Kier molecular flexibility index (Phi) is 5.50.